The first kappa shape index (κ1) is 39.9. The minimum absolute atomic E-state index is 0. The van der Waals surface area contributed by atoms with E-state index in [0.717, 1.165) is 89.4 Å². The fourth-order valence-electron chi connectivity index (χ4n) is 6.69. The third-order valence-electron chi connectivity index (χ3n) is 8.86. The molecule has 8 bridgehead atoms. The minimum atomic E-state index is -8.55. The van der Waals surface area contributed by atoms with Crippen molar-refractivity contribution >= 4 is 54.5 Å². The van der Waals surface area contributed by atoms with Crippen LogP contribution in [0.2, 0.25) is 0 Å². The smallest absolute Gasteiger partial charge is 1.00 e. The van der Waals surface area contributed by atoms with E-state index in [2.05, 4.69) is 146 Å². The van der Waals surface area contributed by atoms with Crippen LogP contribution in [0.15, 0.2) is 146 Å². The SMILES string of the molecule is C1=Cc2nc1c(-c1ccccc1)c1ccc([n-]1)c(-c1ccccc1)c1nc(c(-c3ccccc3)c3ccc([n-]3)c2-c2ccccc2)C=C1.FP(F)(F)(F)F.[Au+3].[F-]. The normalized spacial score (nSPS) is 12.3. The van der Waals surface area contributed by atoms with Crippen molar-refractivity contribution in [2.75, 3.05) is 0 Å². The number of rotatable bonds is 4. The van der Waals surface area contributed by atoms with Crippen LogP contribution in [0.1, 0.15) is 22.8 Å². The van der Waals surface area contributed by atoms with E-state index in [1.807, 2.05) is 24.3 Å². The Kier molecular flexibility index (Phi) is 11.5. The van der Waals surface area contributed by atoms with Crippen molar-refractivity contribution in [3.63, 3.8) is 0 Å². The van der Waals surface area contributed by atoms with Gasteiger partial charge in [-0.15, -0.1) is 22.1 Å². The molecule has 0 N–H and O–H groups in total. The summed E-state index contributed by atoms with van der Waals surface area (Å²) in [7, 11) is -8.55. The van der Waals surface area contributed by atoms with E-state index in [-0.39, 0.29) is 27.1 Å². The van der Waals surface area contributed by atoms with E-state index >= 15 is 0 Å². The maximum absolute atomic E-state index is 9.84. The molecule has 0 aliphatic carbocycles. The Labute approximate surface area is 334 Å². The molecule has 0 amide bonds. The summed E-state index contributed by atoms with van der Waals surface area (Å²) in [4.78, 5) is 21.2. The van der Waals surface area contributed by atoms with E-state index in [1.54, 1.807) is 0 Å². The van der Waals surface area contributed by atoms with Crippen LogP contribution in [-0.4, -0.2) is 9.97 Å². The maximum atomic E-state index is 9.84. The van der Waals surface area contributed by atoms with Gasteiger partial charge < -0.3 is 14.7 Å². The number of aromatic nitrogens is 4. The van der Waals surface area contributed by atoms with Crippen molar-refractivity contribution in [2.24, 2.45) is 0 Å². The van der Waals surface area contributed by atoms with E-state index in [4.69, 9.17) is 19.9 Å². The quantitative estimate of drug-likeness (QED) is 0.100. The standard InChI is InChI=1S/C44H28N4.Au.F5P.FH/c1-5-13-29(14-6-1)41-33-21-23-35(45-33)42(30-15-7-2-8-16-30)37-25-27-39(47-37)44(32-19-11-4-12-20-32)40-28-26-38(48-40)43(31-17-9-3-10-18-31)36-24-22-34(41)46-36;;1-6(2,3,4)5;/h1-28H;;;1H/q-2;+3;;/p-1. The number of fused-ring (bicyclic) bond motifs is 8. The molecule has 4 aromatic carbocycles. The largest absolute Gasteiger partial charge is 3.00 e. The van der Waals surface area contributed by atoms with Crippen molar-refractivity contribution in [1.82, 2.24) is 19.9 Å². The fraction of sp³-hybridized carbons (Fsp3) is 0. The molecule has 2 aliphatic rings. The summed E-state index contributed by atoms with van der Waals surface area (Å²) in [6, 6.07) is 50.0. The second kappa shape index (κ2) is 16.1. The van der Waals surface area contributed by atoms with E-state index in [9.17, 15) is 21.0 Å². The van der Waals surface area contributed by atoms with Gasteiger partial charge in [-0.25, -0.2) is 9.97 Å². The summed E-state index contributed by atoms with van der Waals surface area (Å²) in [6.45, 7) is 0. The van der Waals surface area contributed by atoms with Gasteiger partial charge in [-0.2, -0.15) is 0 Å². The van der Waals surface area contributed by atoms with Gasteiger partial charge in [0.15, 0.2) is 0 Å². The van der Waals surface area contributed by atoms with Crippen LogP contribution in [0.4, 0.5) is 21.0 Å². The van der Waals surface area contributed by atoms with Gasteiger partial charge in [0.1, 0.15) is 0 Å². The Morgan fingerprint density at radius 2 is 0.536 bits per heavy atom. The Morgan fingerprint density at radius 1 is 0.339 bits per heavy atom. The molecule has 12 heteroatoms. The Morgan fingerprint density at radius 3 is 0.732 bits per heavy atom. The van der Waals surface area contributed by atoms with Gasteiger partial charge in [-0.1, -0.05) is 146 Å². The van der Waals surface area contributed by atoms with E-state index in [1.165, 1.54) is 0 Å². The molecule has 0 atom stereocenters. The molecule has 0 radical (unpaired) electrons. The molecule has 3 aromatic heterocycles. The molecule has 7 aromatic rings. The molecule has 4 nitrogen and oxygen atoms in total. The van der Waals surface area contributed by atoms with Crippen molar-refractivity contribution < 1.29 is 48.1 Å². The van der Waals surface area contributed by atoms with Crippen molar-refractivity contribution in [3.8, 4) is 44.5 Å². The summed E-state index contributed by atoms with van der Waals surface area (Å²) in [6.07, 6.45) is 8.41. The molecule has 56 heavy (non-hydrogen) atoms. The van der Waals surface area contributed by atoms with Crippen LogP contribution < -0.4 is 14.7 Å². The molecule has 5 heterocycles. The van der Waals surface area contributed by atoms with E-state index < -0.39 is 8.16 Å². The van der Waals surface area contributed by atoms with Crippen molar-refractivity contribution in [2.45, 2.75) is 0 Å². The molecule has 282 valence electrons. The number of nitrogens with zero attached hydrogens (tertiary/aromatic N) is 4. The van der Waals surface area contributed by atoms with Gasteiger partial charge in [-0.3, -0.25) is 0 Å². The zero-order valence-corrected chi connectivity index (χ0v) is 32.0. The minimum Gasteiger partial charge on any atom is -1.00 e. The van der Waals surface area contributed by atoms with Gasteiger partial charge in [0.2, 0.25) is 0 Å². The molecule has 0 unspecified atom stereocenters. The second-order valence-corrected chi connectivity index (χ2v) is 13.7. The summed E-state index contributed by atoms with van der Waals surface area (Å²) in [5.74, 6) is 0. The third-order valence-corrected chi connectivity index (χ3v) is 8.86. The average Bonchev–Trinajstić information content (AvgIpc) is 4.00. The summed E-state index contributed by atoms with van der Waals surface area (Å²) < 4.78 is 49.2. The van der Waals surface area contributed by atoms with Crippen LogP contribution in [-0.2, 0) is 22.4 Å². The molecule has 0 saturated carbocycles. The number of halogens is 6. The third kappa shape index (κ3) is 8.85. The maximum Gasteiger partial charge on any atom is 3.00 e. The zero-order chi connectivity index (χ0) is 37.3. The molecule has 2 aliphatic heterocycles. The van der Waals surface area contributed by atoms with Crippen LogP contribution in [0, 0.1) is 0 Å². The van der Waals surface area contributed by atoms with Gasteiger partial charge in [-0.05, 0) is 68.8 Å². The Bertz CT molecular complexity index is 2360. The van der Waals surface area contributed by atoms with Gasteiger partial charge >= 0.3 is 51.5 Å². The Balaban J connectivity index is 0.000000619. The van der Waals surface area contributed by atoms with E-state index in [0.29, 0.717) is 0 Å². The van der Waals surface area contributed by atoms with Gasteiger partial charge in [0.25, 0.3) is 0 Å². The number of hydrogen-bond acceptors (Lipinski definition) is 2. The predicted octanol–water partition coefficient (Wildman–Crippen LogP) is 10.5. The average molecular weight is 955 g/mol. The van der Waals surface area contributed by atoms with Gasteiger partial charge in [0.05, 0.1) is 22.8 Å². The predicted molar refractivity (Wildman–Crippen MR) is 211 cm³/mol. The van der Waals surface area contributed by atoms with Crippen LogP contribution in [0.5, 0.6) is 0 Å². The number of hydrogen-bond donors (Lipinski definition) is 0. The number of benzene rings is 4. The van der Waals surface area contributed by atoms with Crippen molar-refractivity contribution in [3.05, 3.63) is 168 Å². The topological polar surface area (TPSA) is 54.0 Å². The second-order valence-electron chi connectivity index (χ2n) is 12.5. The molecule has 9 rings (SSSR count). The molecular weight excluding hydrogens is 926 g/mol. The first-order valence-electron chi connectivity index (χ1n) is 16.9. The molecule has 0 saturated heterocycles. The van der Waals surface area contributed by atoms with Crippen LogP contribution in [0.3, 0.4) is 0 Å². The molecular formula is C44H28AuF6N4P. The van der Waals surface area contributed by atoms with Crippen molar-refractivity contribution in [1.29, 1.82) is 0 Å². The van der Waals surface area contributed by atoms with Crippen LogP contribution in [0.25, 0.3) is 90.9 Å². The first-order chi connectivity index (χ1) is 26.0. The molecule has 0 fully saturated rings. The monoisotopic (exact) mass is 954 g/mol. The zero-order valence-electron chi connectivity index (χ0n) is 29.0. The van der Waals surface area contributed by atoms with Gasteiger partial charge in [0, 0.05) is 0 Å². The molecule has 0 spiro atoms. The summed E-state index contributed by atoms with van der Waals surface area (Å²) >= 11 is 0. The summed E-state index contributed by atoms with van der Waals surface area (Å²) in [5.41, 5.74) is 15.0. The summed E-state index contributed by atoms with van der Waals surface area (Å²) in [5, 5.41) is 0. The first-order valence-corrected chi connectivity index (χ1v) is 18.6. The fourth-order valence-corrected chi connectivity index (χ4v) is 6.69. The van der Waals surface area contributed by atoms with Crippen LogP contribution >= 0.6 is 8.16 Å². The Hall–Kier alpha value is -5.77.